The van der Waals surface area contributed by atoms with Crippen LogP contribution < -0.4 is 5.32 Å². The Balaban J connectivity index is 1.57. The summed E-state index contributed by atoms with van der Waals surface area (Å²) in [6.07, 6.45) is 4.58. The van der Waals surface area contributed by atoms with E-state index in [4.69, 9.17) is 0 Å². The number of nitrogens with one attached hydrogen (secondary N) is 1. The van der Waals surface area contributed by atoms with Crippen LogP contribution in [0.2, 0.25) is 0 Å². The number of aromatic nitrogens is 4. The molecular weight excluding hydrogens is 356 g/mol. The topological polar surface area (TPSA) is 96.5 Å². The first-order valence-corrected chi connectivity index (χ1v) is 10.2. The summed E-state index contributed by atoms with van der Waals surface area (Å²) in [6, 6.07) is 2.45. The molecule has 132 valence electrons. The molecule has 0 saturated carbocycles. The molecule has 1 aliphatic carbocycles. The SMILES string of the molecule is CC(C)n1nnnc1SCCC(=O)Nc1sc2c(c1C#N)CCCC2. The maximum absolute atomic E-state index is 12.3. The summed E-state index contributed by atoms with van der Waals surface area (Å²) < 4.78 is 1.74. The Kier molecular flexibility index (Phi) is 5.71. The molecule has 2 aromatic rings. The van der Waals surface area contributed by atoms with Gasteiger partial charge in [0.15, 0.2) is 0 Å². The van der Waals surface area contributed by atoms with E-state index in [2.05, 4.69) is 26.9 Å². The Morgan fingerprint density at radius 1 is 1.44 bits per heavy atom. The number of thioether (sulfide) groups is 1. The molecule has 3 rings (SSSR count). The molecule has 9 heteroatoms. The first-order valence-electron chi connectivity index (χ1n) is 8.35. The molecule has 2 heterocycles. The second-order valence-corrected chi connectivity index (χ2v) is 8.34. The zero-order valence-electron chi connectivity index (χ0n) is 14.3. The first kappa shape index (κ1) is 17.9. The minimum atomic E-state index is -0.0776. The second kappa shape index (κ2) is 7.97. The lowest BCUT2D eigenvalue weighted by Crippen LogP contribution is -2.12. The molecule has 0 aliphatic heterocycles. The number of anilines is 1. The van der Waals surface area contributed by atoms with Gasteiger partial charge in [0.05, 0.1) is 11.6 Å². The third-order valence-electron chi connectivity index (χ3n) is 4.05. The van der Waals surface area contributed by atoms with E-state index in [1.807, 2.05) is 13.8 Å². The van der Waals surface area contributed by atoms with E-state index in [-0.39, 0.29) is 11.9 Å². The molecule has 0 spiro atoms. The van der Waals surface area contributed by atoms with E-state index in [0.29, 0.717) is 27.9 Å². The lowest BCUT2D eigenvalue weighted by atomic mass is 9.96. The summed E-state index contributed by atoms with van der Waals surface area (Å²) >= 11 is 3.02. The fourth-order valence-corrected chi connectivity index (χ4v) is 5.00. The van der Waals surface area contributed by atoms with Crippen LogP contribution in [0, 0.1) is 11.3 Å². The van der Waals surface area contributed by atoms with Crippen molar-refractivity contribution in [3.05, 3.63) is 16.0 Å². The highest BCUT2D eigenvalue weighted by atomic mass is 32.2. The molecule has 0 atom stereocenters. The van der Waals surface area contributed by atoms with Gasteiger partial charge in [-0.25, -0.2) is 4.68 Å². The Labute approximate surface area is 154 Å². The second-order valence-electron chi connectivity index (χ2n) is 6.17. The normalized spacial score (nSPS) is 13.5. The number of amides is 1. The van der Waals surface area contributed by atoms with Gasteiger partial charge in [-0.3, -0.25) is 4.79 Å². The lowest BCUT2D eigenvalue weighted by Gasteiger charge is -2.09. The maximum Gasteiger partial charge on any atom is 0.225 e. The fourth-order valence-electron chi connectivity index (χ4n) is 2.80. The van der Waals surface area contributed by atoms with Gasteiger partial charge in [-0.1, -0.05) is 11.8 Å². The van der Waals surface area contributed by atoms with Gasteiger partial charge < -0.3 is 5.32 Å². The van der Waals surface area contributed by atoms with Crippen LogP contribution in [0.25, 0.3) is 0 Å². The zero-order valence-corrected chi connectivity index (χ0v) is 15.9. The Morgan fingerprint density at radius 2 is 2.24 bits per heavy atom. The molecule has 0 radical (unpaired) electrons. The highest BCUT2D eigenvalue weighted by Gasteiger charge is 2.21. The summed E-state index contributed by atoms with van der Waals surface area (Å²) in [5, 5.41) is 25.4. The average Bonchev–Trinajstić information content (AvgIpc) is 3.18. The molecule has 0 aromatic carbocycles. The van der Waals surface area contributed by atoms with Gasteiger partial charge in [0, 0.05) is 17.1 Å². The van der Waals surface area contributed by atoms with E-state index < -0.39 is 0 Å². The molecule has 0 saturated heterocycles. The smallest absolute Gasteiger partial charge is 0.225 e. The van der Waals surface area contributed by atoms with Crippen LogP contribution >= 0.6 is 23.1 Å². The number of thiophene rings is 1. The van der Waals surface area contributed by atoms with Gasteiger partial charge in [-0.2, -0.15) is 5.26 Å². The van der Waals surface area contributed by atoms with Crippen LogP contribution in [-0.2, 0) is 17.6 Å². The van der Waals surface area contributed by atoms with Crippen molar-refractivity contribution in [1.82, 2.24) is 20.2 Å². The van der Waals surface area contributed by atoms with Gasteiger partial charge in [0.2, 0.25) is 11.1 Å². The van der Waals surface area contributed by atoms with Gasteiger partial charge in [-0.05, 0) is 55.5 Å². The van der Waals surface area contributed by atoms with Crippen LogP contribution in [0.4, 0.5) is 5.00 Å². The van der Waals surface area contributed by atoms with E-state index in [9.17, 15) is 10.1 Å². The summed E-state index contributed by atoms with van der Waals surface area (Å²) in [7, 11) is 0. The van der Waals surface area contributed by atoms with Crippen molar-refractivity contribution >= 4 is 34.0 Å². The predicted molar refractivity (Wildman–Crippen MR) is 97.8 cm³/mol. The summed E-state index contributed by atoms with van der Waals surface area (Å²) in [5.41, 5.74) is 1.80. The minimum Gasteiger partial charge on any atom is -0.317 e. The molecule has 1 aliphatic rings. The van der Waals surface area contributed by atoms with Crippen molar-refractivity contribution in [1.29, 1.82) is 5.26 Å². The van der Waals surface area contributed by atoms with Crippen molar-refractivity contribution in [2.75, 3.05) is 11.1 Å². The minimum absolute atomic E-state index is 0.0776. The number of nitrogens with zero attached hydrogens (tertiary/aromatic N) is 5. The Hall–Kier alpha value is -1.92. The molecule has 1 N–H and O–H groups in total. The van der Waals surface area contributed by atoms with E-state index in [1.54, 1.807) is 16.0 Å². The molecule has 0 unspecified atom stereocenters. The van der Waals surface area contributed by atoms with Crippen molar-refractivity contribution in [2.45, 2.75) is 57.1 Å². The molecule has 0 fully saturated rings. The van der Waals surface area contributed by atoms with Crippen molar-refractivity contribution in [3.63, 3.8) is 0 Å². The van der Waals surface area contributed by atoms with E-state index in [0.717, 1.165) is 31.2 Å². The quantitative estimate of drug-likeness (QED) is 0.778. The average molecular weight is 377 g/mol. The molecular formula is C16H20N6OS2. The molecule has 1 amide bonds. The molecule has 25 heavy (non-hydrogen) atoms. The Bertz CT molecular complexity index is 804. The van der Waals surface area contributed by atoms with Crippen LogP contribution in [0.5, 0.6) is 0 Å². The third kappa shape index (κ3) is 4.02. The van der Waals surface area contributed by atoms with Crippen LogP contribution in [-0.4, -0.2) is 31.9 Å². The first-order chi connectivity index (χ1) is 12.1. The number of tetrazole rings is 1. The maximum atomic E-state index is 12.3. The molecule has 0 bridgehead atoms. The molecule has 7 nitrogen and oxygen atoms in total. The largest absolute Gasteiger partial charge is 0.317 e. The number of carbonyl (C=O) groups excluding carboxylic acids is 1. The number of fused-ring (bicyclic) bond motifs is 1. The van der Waals surface area contributed by atoms with Gasteiger partial charge in [0.1, 0.15) is 11.1 Å². The number of carbonyl (C=O) groups is 1. The molecule has 2 aromatic heterocycles. The van der Waals surface area contributed by atoms with E-state index >= 15 is 0 Å². The number of aryl methyl sites for hydroxylation is 1. The van der Waals surface area contributed by atoms with Gasteiger partial charge in [-0.15, -0.1) is 16.4 Å². The number of rotatable bonds is 6. The van der Waals surface area contributed by atoms with Crippen molar-refractivity contribution < 1.29 is 4.79 Å². The summed E-state index contributed by atoms with van der Waals surface area (Å²) in [5.74, 6) is 0.512. The summed E-state index contributed by atoms with van der Waals surface area (Å²) in [6.45, 7) is 4.02. The highest BCUT2D eigenvalue weighted by molar-refractivity contribution is 7.99. The van der Waals surface area contributed by atoms with Crippen LogP contribution in [0.1, 0.15) is 55.2 Å². The standard InChI is InChI=1S/C16H20N6OS2/c1-10(2)22-16(19-20-21-22)24-8-7-14(23)18-15-12(9-17)11-5-3-4-6-13(11)25-15/h10H,3-8H2,1-2H3,(H,18,23). The monoisotopic (exact) mass is 376 g/mol. The zero-order chi connectivity index (χ0) is 17.8. The number of nitriles is 1. The van der Waals surface area contributed by atoms with Crippen molar-refractivity contribution in [2.24, 2.45) is 0 Å². The Morgan fingerprint density at radius 3 is 3.00 bits per heavy atom. The van der Waals surface area contributed by atoms with Crippen LogP contribution in [0.3, 0.4) is 0 Å². The van der Waals surface area contributed by atoms with Crippen LogP contribution in [0.15, 0.2) is 5.16 Å². The number of hydrogen-bond donors (Lipinski definition) is 1. The van der Waals surface area contributed by atoms with E-state index in [1.165, 1.54) is 16.6 Å². The van der Waals surface area contributed by atoms with Gasteiger partial charge in [0.25, 0.3) is 0 Å². The number of hydrogen-bond acceptors (Lipinski definition) is 7. The third-order valence-corrected chi connectivity index (χ3v) is 6.19. The predicted octanol–water partition coefficient (Wildman–Crippen LogP) is 3.19. The fraction of sp³-hybridized carbons (Fsp3) is 0.562. The van der Waals surface area contributed by atoms with Gasteiger partial charge >= 0.3 is 0 Å². The van der Waals surface area contributed by atoms with Crippen molar-refractivity contribution in [3.8, 4) is 6.07 Å². The summed E-state index contributed by atoms with van der Waals surface area (Å²) in [4.78, 5) is 13.5. The lowest BCUT2D eigenvalue weighted by molar-refractivity contribution is -0.115. The highest BCUT2D eigenvalue weighted by Crippen LogP contribution is 2.37.